The zero-order chi connectivity index (χ0) is 20.2. The molecule has 2 aromatic carbocycles. The first-order chi connectivity index (χ1) is 14.1. The summed E-state index contributed by atoms with van der Waals surface area (Å²) >= 11 is 4.79. The van der Waals surface area contributed by atoms with Crippen LogP contribution in [-0.2, 0) is 16.0 Å². The maximum absolute atomic E-state index is 12.3. The standard InChI is InChI=1S/C21H18BrN3O3S/c22-14-3-7-17(8-4-14)28-18-9-5-15(6-10-18)23-19(26)12-16-13-29-21(24-16)25-11-1-2-20(25)27/h3-10,13H,1-2,11-12H2,(H,23,26). The molecule has 0 aliphatic carbocycles. The zero-order valence-electron chi connectivity index (χ0n) is 15.4. The van der Waals surface area contributed by atoms with Crippen molar-refractivity contribution in [3.63, 3.8) is 0 Å². The third-order valence-electron chi connectivity index (χ3n) is 4.37. The lowest BCUT2D eigenvalue weighted by molar-refractivity contribution is -0.117. The van der Waals surface area contributed by atoms with E-state index < -0.39 is 0 Å². The highest BCUT2D eigenvalue weighted by Crippen LogP contribution is 2.26. The number of nitrogens with one attached hydrogen (secondary N) is 1. The van der Waals surface area contributed by atoms with Gasteiger partial charge in [-0.05, 0) is 55.0 Å². The number of anilines is 2. The summed E-state index contributed by atoms with van der Waals surface area (Å²) in [5.74, 6) is 1.36. The first kappa shape index (κ1) is 19.6. The lowest BCUT2D eigenvalue weighted by Gasteiger charge is -2.10. The van der Waals surface area contributed by atoms with Crippen molar-refractivity contribution in [2.45, 2.75) is 19.3 Å². The number of carbonyl (C=O) groups excluding carboxylic acids is 2. The lowest BCUT2D eigenvalue weighted by Crippen LogP contribution is -2.23. The minimum atomic E-state index is -0.156. The van der Waals surface area contributed by atoms with Crippen molar-refractivity contribution in [2.24, 2.45) is 0 Å². The largest absolute Gasteiger partial charge is 0.457 e. The Morgan fingerprint density at radius 2 is 1.83 bits per heavy atom. The second-order valence-electron chi connectivity index (χ2n) is 6.58. The van der Waals surface area contributed by atoms with Crippen LogP contribution >= 0.6 is 27.3 Å². The van der Waals surface area contributed by atoms with Crippen LogP contribution in [0, 0.1) is 0 Å². The Morgan fingerprint density at radius 3 is 2.48 bits per heavy atom. The molecule has 2 amide bonds. The molecule has 1 saturated heterocycles. The van der Waals surface area contributed by atoms with Gasteiger partial charge in [-0.2, -0.15) is 0 Å². The third kappa shape index (κ3) is 5.02. The number of carbonyl (C=O) groups is 2. The minimum Gasteiger partial charge on any atom is -0.457 e. The van der Waals surface area contributed by atoms with Crippen LogP contribution in [0.5, 0.6) is 11.5 Å². The normalized spacial score (nSPS) is 13.6. The molecule has 1 N–H and O–H groups in total. The highest BCUT2D eigenvalue weighted by atomic mass is 79.9. The molecule has 8 heteroatoms. The van der Waals surface area contributed by atoms with Crippen molar-refractivity contribution in [1.82, 2.24) is 4.98 Å². The lowest BCUT2D eigenvalue weighted by atomic mass is 10.2. The van der Waals surface area contributed by atoms with Gasteiger partial charge in [-0.15, -0.1) is 11.3 Å². The quantitative estimate of drug-likeness (QED) is 0.548. The molecule has 4 rings (SSSR count). The number of amides is 2. The van der Waals surface area contributed by atoms with Crippen molar-refractivity contribution in [3.8, 4) is 11.5 Å². The Labute approximate surface area is 180 Å². The van der Waals surface area contributed by atoms with Crippen LogP contribution in [0.2, 0.25) is 0 Å². The molecule has 0 spiro atoms. The van der Waals surface area contributed by atoms with Gasteiger partial charge in [0, 0.05) is 28.5 Å². The van der Waals surface area contributed by atoms with Crippen LogP contribution in [0.25, 0.3) is 0 Å². The summed E-state index contributed by atoms with van der Waals surface area (Å²) < 4.78 is 6.76. The van der Waals surface area contributed by atoms with E-state index in [0.29, 0.717) is 35.2 Å². The molecule has 0 radical (unpaired) electrons. The van der Waals surface area contributed by atoms with Gasteiger partial charge in [-0.25, -0.2) is 4.98 Å². The molecule has 0 unspecified atom stereocenters. The van der Waals surface area contributed by atoms with E-state index in [4.69, 9.17) is 4.74 Å². The van der Waals surface area contributed by atoms with Crippen LogP contribution in [0.4, 0.5) is 10.8 Å². The van der Waals surface area contributed by atoms with Gasteiger partial charge in [-0.1, -0.05) is 15.9 Å². The Kier molecular flexibility index (Phi) is 5.92. The smallest absolute Gasteiger partial charge is 0.230 e. The second kappa shape index (κ2) is 8.75. The van der Waals surface area contributed by atoms with E-state index in [2.05, 4.69) is 26.2 Å². The minimum absolute atomic E-state index is 0.0980. The Bertz CT molecular complexity index is 1020. The van der Waals surface area contributed by atoms with Gasteiger partial charge in [0.25, 0.3) is 0 Å². The summed E-state index contributed by atoms with van der Waals surface area (Å²) in [5, 5.41) is 5.36. The number of aromatic nitrogens is 1. The second-order valence-corrected chi connectivity index (χ2v) is 8.33. The number of hydrogen-bond acceptors (Lipinski definition) is 5. The summed E-state index contributed by atoms with van der Waals surface area (Å²) in [6, 6.07) is 14.8. The van der Waals surface area contributed by atoms with Crippen LogP contribution in [0.3, 0.4) is 0 Å². The summed E-state index contributed by atoms with van der Waals surface area (Å²) in [4.78, 5) is 30.2. The average molecular weight is 472 g/mol. The van der Waals surface area contributed by atoms with Gasteiger partial charge in [-0.3, -0.25) is 14.5 Å². The Hall–Kier alpha value is -2.71. The zero-order valence-corrected chi connectivity index (χ0v) is 17.8. The highest BCUT2D eigenvalue weighted by molar-refractivity contribution is 9.10. The number of thiazole rings is 1. The summed E-state index contributed by atoms with van der Waals surface area (Å²) in [6.07, 6.45) is 1.59. The number of halogens is 1. The molecule has 0 saturated carbocycles. The van der Waals surface area contributed by atoms with Crippen molar-refractivity contribution in [3.05, 3.63) is 64.1 Å². The topological polar surface area (TPSA) is 71.5 Å². The molecule has 148 valence electrons. The van der Waals surface area contributed by atoms with E-state index in [1.54, 1.807) is 29.2 Å². The number of hydrogen-bond donors (Lipinski definition) is 1. The fraction of sp³-hybridized carbons (Fsp3) is 0.190. The van der Waals surface area contributed by atoms with Crippen LogP contribution in [-0.4, -0.2) is 23.3 Å². The number of benzene rings is 2. The van der Waals surface area contributed by atoms with Gasteiger partial charge in [0.1, 0.15) is 11.5 Å². The van der Waals surface area contributed by atoms with Crippen LogP contribution in [0.1, 0.15) is 18.5 Å². The molecule has 6 nitrogen and oxygen atoms in total. The Balaban J connectivity index is 1.32. The van der Waals surface area contributed by atoms with Crippen LogP contribution in [0.15, 0.2) is 58.4 Å². The van der Waals surface area contributed by atoms with Crippen molar-refractivity contribution in [2.75, 3.05) is 16.8 Å². The first-order valence-corrected chi connectivity index (χ1v) is 10.8. The predicted octanol–water partition coefficient (Wildman–Crippen LogP) is 5.01. The molecule has 1 aliphatic rings. The maximum atomic E-state index is 12.3. The van der Waals surface area contributed by atoms with E-state index in [-0.39, 0.29) is 18.2 Å². The molecule has 0 atom stereocenters. The molecule has 3 aromatic rings. The van der Waals surface area contributed by atoms with Gasteiger partial charge >= 0.3 is 0 Å². The van der Waals surface area contributed by atoms with E-state index in [1.807, 2.05) is 29.6 Å². The van der Waals surface area contributed by atoms with E-state index in [0.717, 1.165) is 16.6 Å². The highest BCUT2D eigenvalue weighted by Gasteiger charge is 2.24. The van der Waals surface area contributed by atoms with Crippen LogP contribution < -0.4 is 15.0 Å². The van der Waals surface area contributed by atoms with Gasteiger partial charge in [0.2, 0.25) is 11.8 Å². The molecule has 2 heterocycles. The van der Waals surface area contributed by atoms with Crippen molar-refractivity contribution >= 4 is 49.9 Å². The molecular formula is C21H18BrN3O3S. The van der Waals surface area contributed by atoms with E-state index in [1.165, 1.54) is 11.3 Å². The fourth-order valence-electron chi connectivity index (χ4n) is 2.97. The maximum Gasteiger partial charge on any atom is 0.230 e. The molecular weight excluding hydrogens is 454 g/mol. The summed E-state index contributed by atoms with van der Waals surface area (Å²) in [7, 11) is 0. The fourth-order valence-corrected chi connectivity index (χ4v) is 4.10. The number of rotatable bonds is 6. The van der Waals surface area contributed by atoms with E-state index >= 15 is 0 Å². The van der Waals surface area contributed by atoms with E-state index in [9.17, 15) is 9.59 Å². The third-order valence-corrected chi connectivity index (χ3v) is 5.81. The number of nitrogens with zero attached hydrogens (tertiary/aromatic N) is 2. The first-order valence-electron chi connectivity index (χ1n) is 9.15. The molecule has 0 bridgehead atoms. The number of ether oxygens (including phenoxy) is 1. The molecule has 1 fully saturated rings. The summed E-state index contributed by atoms with van der Waals surface area (Å²) in [5.41, 5.74) is 1.35. The van der Waals surface area contributed by atoms with Gasteiger partial charge < -0.3 is 10.1 Å². The average Bonchev–Trinajstić information content (AvgIpc) is 3.33. The van der Waals surface area contributed by atoms with Gasteiger partial charge in [0.05, 0.1) is 12.1 Å². The predicted molar refractivity (Wildman–Crippen MR) is 117 cm³/mol. The van der Waals surface area contributed by atoms with Gasteiger partial charge in [0.15, 0.2) is 5.13 Å². The SMILES string of the molecule is O=C(Cc1csc(N2CCCC2=O)n1)Nc1ccc(Oc2ccc(Br)cc2)cc1. The van der Waals surface area contributed by atoms with Crippen molar-refractivity contribution < 1.29 is 14.3 Å². The van der Waals surface area contributed by atoms with Crippen molar-refractivity contribution in [1.29, 1.82) is 0 Å². The molecule has 1 aromatic heterocycles. The molecule has 29 heavy (non-hydrogen) atoms. The summed E-state index contributed by atoms with van der Waals surface area (Å²) in [6.45, 7) is 0.701. The molecule has 1 aliphatic heterocycles. The Morgan fingerprint density at radius 1 is 1.14 bits per heavy atom. The monoisotopic (exact) mass is 471 g/mol.